The Bertz CT molecular complexity index is 992. The van der Waals surface area contributed by atoms with E-state index in [0.717, 1.165) is 25.7 Å². The van der Waals surface area contributed by atoms with Gasteiger partial charge in [-0.2, -0.15) is 0 Å². The maximum Gasteiger partial charge on any atom is 0.293 e. The van der Waals surface area contributed by atoms with E-state index in [9.17, 15) is 9.90 Å². The molecule has 0 radical (unpaired) electrons. The number of rotatable bonds is 6. The average molecular weight is 383 g/mol. The van der Waals surface area contributed by atoms with Crippen LogP contribution in [0.2, 0.25) is 0 Å². The van der Waals surface area contributed by atoms with Crippen LogP contribution in [0, 0.1) is 0 Å². The van der Waals surface area contributed by atoms with Crippen LogP contribution in [-0.4, -0.2) is 10.7 Å². The number of benzene rings is 1. The molecule has 1 aliphatic heterocycles. The first kappa shape index (κ1) is 20.2. The van der Waals surface area contributed by atoms with Crippen LogP contribution in [0.25, 0.3) is 11.0 Å². The Kier molecular flexibility index (Phi) is 5.69. The minimum Gasteiger partial charge on any atom is -0.508 e. The van der Waals surface area contributed by atoms with Crippen LogP contribution in [-0.2, 0) is 0 Å². The van der Waals surface area contributed by atoms with E-state index in [1.165, 1.54) is 23.3 Å². The average Bonchev–Trinajstić information content (AvgIpc) is 2.85. The topological polar surface area (TPSA) is 59.7 Å². The standard InChI is InChI=1S/C24H30O4/c1-15(2)8-6-9-16(3)10-7-13-24(5)17(4)21-22(26)19-12-11-18(25)14-20(19)27-23(21)28-24/h8,10-12,14,17,25H,6-7,9,13H2,1-5H3. The number of phenolic OH excluding ortho intramolecular Hbond substituents is 1. The van der Waals surface area contributed by atoms with Gasteiger partial charge >= 0.3 is 0 Å². The van der Waals surface area contributed by atoms with E-state index in [2.05, 4.69) is 32.9 Å². The monoisotopic (exact) mass is 382 g/mol. The summed E-state index contributed by atoms with van der Waals surface area (Å²) >= 11 is 0. The number of allylic oxidation sites excluding steroid dienone is 4. The van der Waals surface area contributed by atoms with Gasteiger partial charge in [0.25, 0.3) is 5.95 Å². The summed E-state index contributed by atoms with van der Waals surface area (Å²) in [5.41, 5.74) is 3.13. The van der Waals surface area contributed by atoms with Crippen molar-refractivity contribution in [3.05, 3.63) is 57.3 Å². The summed E-state index contributed by atoms with van der Waals surface area (Å²) in [5, 5.41) is 10.1. The Hall–Kier alpha value is -2.49. The molecule has 1 aromatic heterocycles. The first-order valence-electron chi connectivity index (χ1n) is 9.99. The van der Waals surface area contributed by atoms with Crippen LogP contribution in [0.4, 0.5) is 0 Å². The van der Waals surface area contributed by atoms with Crippen LogP contribution in [0.5, 0.6) is 11.7 Å². The largest absolute Gasteiger partial charge is 0.508 e. The number of aromatic hydroxyl groups is 1. The van der Waals surface area contributed by atoms with Gasteiger partial charge in [-0.1, -0.05) is 30.2 Å². The molecule has 4 nitrogen and oxygen atoms in total. The Labute approximate surface area is 166 Å². The lowest BCUT2D eigenvalue weighted by atomic mass is 9.83. The first-order valence-corrected chi connectivity index (χ1v) is 9.99. The molecule has 0 saturated heterocycles. The molecule has 3 rings (SSSR count). The van der Waals surface area contributed by atoms with E-state index in [1.807, 2.05) is 13.8 Å². The smallest absolute Gasteiger partial charge is 0.293 e. The van der Waals surface area contributed by atoms with Gasteiger partial charge in [-0.15, -0.1) is 0 Å². The molecule has 2 aromatic rings. The summed E-state index contributed by atoms with van der Waals surface area (Å²) in [6.45, 7) is 10.5. The van der Waals surface area contributed by atoms with E-state index in [0.29, 0.717) is 22.5 Å². The highest BCUT2D eigenvalue weighted by Crippen LogP contribution is 2.46. The van der Waals surface area contributed by atoms with E-state index in [1.54, 1.807) is 6.07 Å². The predicted octanol–water partition coefficient (Wildman–Crippen LogP) is 6.23. The van der Waals surface area contributed by atoms with Crippen LogP contribution in [0.3, 0.4) is 0 Å². The van der Waals surface area contributed by atoms with Gasteiger partial charge in [0.2, 0.25) is 0 Å². The molecule has 28 heavy (non-hydrogen) atoms. The lowest BCUT2D eigenvalue weighted by molar-refractivity contribution is 0.0637. The minimum atomic E-state index is -0.485. The molecular weight excluding hydrogens is 352 g/mol. The molecule has 1 aliphatic rings. The lowest BCUT2D eigenvalue weighted by Gasteiger charge is -2.27. The van der Waals surface area contributed by atoms with Gasteiger partial charge in [-0.3, -0.25) is 4.79 Å². The second-order valence-electron chi connectivity index (χ2n) is 8.36. The zero-order chi connectivity index (χ0) is 20.5. The SMILES string of the molecule is CC(C)=CCCC(C)=CCCC1(C)Oc2oc3cc(O)ccc3c(=O)c2C1C. The minimum absolute atomic E-state index is 0.0590. The molecule has 0 aliphatic carbocycles. The van der Waals surface area contributed by atoms with Crippen LogP contribution < -0.4 is 10.2 Å². The van der Waals surface area contributed by atoms with E-state index in [-0.39, 0.29) is 17.1 Å². The van der Waals surface area contributed by atoms with Gasteiger partial charge < -0.3 is 14.3 Å². The summed E-state index contributed by atoms with van der Waals surface area (Å²) in [7, 11) is 0. The van der Waals surface area contributed by atoms with Crippen LogP contribution in [0.15, 0.2) is 50.7 Å². The maximum absolute atomic E-state index is 12.9. The van der Waals surface area contributed by atoms with Crippen molar-refractivity contribution in [3.63, 3.8) is 0 Å². The van der Waals surface area contributed by atoms with E-state index >= 15 is 0 Å². The zero-order valence-corrected chi connectivity index (χ0v) is 17.5. The zero-order valence-electron chi connectivity index (χ0n) is 17.5. The summed E-state index contributed by atoms with van der Waals surface area (Å²) in [5.74, 6) is 0.303. The first-order chi connectivity index (χ1) is 13.2. The van der Waals surface area contributed by atoms with Crippen molar-refractivity contribution in [2.75, 3.05) is 0 Å². The number of fused-ring (bicyclic) bond motifs is 2. The van der Waals surface area contributed by atoms with Gasteiger partial charge in [-0.25, -0.2) is 0 Å². The van der Waals surface area contributed by atoms with Gasteiger partial charge in [0.15, 0.2) is 5.43 Å². The summed E-state index contributed by atoms with van der Waals surface area (Å²) < 4.78 is 12.0. The molecule has 2 atom stereocenters. The Morgan fingerprint density at radius 1 is 1.21 bits per heavy atom. The molecule has 1 aromatic carbocycles. The predicted molar refractivity (Wildman–Crippen MR) is 113 cm³/mol. The quantitative estimate of drug-likeness (QED) is 0.602. The van der Waals surface area contributed by atoms with Crippen LogP contribution in [0.1, 0.15) is 71.8 Å². The molecular formula is C24H30O4. The third-order valence-electron chi connectivity index (χ3n) is 5.78. The fourth-order valence-electron chi connectivity index (χ4n) is 3.79. The molecule has 0 fully saturated rings. The Morgan fingerprint density at radius 2 is 1.96 bits per heavy atom. The van der Waals surface area contributed by atoms with Gasteiger partial charge in [0.05, 0.1) is 10.9 Å². The third kappa shape index (κ3) is 4.01. The van der Waals surface area contributed by atoms with Crippen molar-refractivity contribution in [1.82, 2.24) is 0 Å². The highest BCUT2D eigenvalue weighted by molar-refractivity contribution is 5.79. The van der Waals surface area contributed by atoms with Crippen molar-refractivity contribution >= 4 is 11.0 Å². The molecule has 4 heteroatoms. The molecule has 0 amide bonds. The number of hydrogen-bond acceptors (Lipinski definition) is 4. The van der Waals surface area contributed by atoms with Gasteiger partial charge in [0.1, 0.15) is 16.9 Å². The second-order valence-corrected chi connectivity index (χ2v) is 8.36. The van der Waals surface area contributed by atoms with E-state index < -0.39 is 5.60 Å². The third-order valence-corrected chi connectivity index (χ3v) is 5.78. The molecule has 150 valence electrons. The molecule has 0 bridgehead atoms. The summed E-state index contributed by atoms with van der Waals surface area (Å²) in [4.78, 5) is 12.9. The fourth-order valence-corrected chi connectivity index (χ4v) is 3.79. The number of ether oxygens (including phenoxy) is 1. The molecule has 0 saturated carbocycles. The highest BCUT2D eigenvalue weighted by atomic mass is 16.6. The van der Waals surface area contributed by atoms with Crippen molar-refractivity contribution in [1.29, 1.82) is 0 Å². The summed E-state index contributed by atoms with van der Waals surface area (Å²) in [6, 6.07) is 4.57. The fraction of sp³-hybridized carbons (Fsp3) is 0.458. The van der Waals surface area contributed by atoms with Gasteiger partial charge in [0, 0.05) is 12.0 Å². The number of hydrogen-bond donors (Lipinski definition) is 1. The van der Waals surface area contributed by atoms with Gasteiger partial charge in [-0.05, 0) is 65.5 Å². The number of phenols is 1. The molecule has 1 N–H and O–H groups in total. The van der Waals surface area contributed by atoms with E-state index in [4.69, 9.17) is 9.15 Å². The van der Waals surface area contributed by atoms with Crippen molar-refractivity contribution < 1.29 is 14.3 Å². The van der Waals surface area contributed by atoms with Crippen molar-refractivity contribution in [2.45, 2.75) is 71.8 Å². The summed E-state index contributed by atoms with van der Waals surface area (Å²) in [6.07, 6.45) is 8.36. The van der Waals surface area contributed by atoms with Crippen molar-refractivity contribution in [2.24, 2.45) is 0 Å². The van der Waals surface area contributed by atoms with Crippen molar-refractivity contribution in [3.8, 4) is 11.7 Å². The molecule has 0 spiro atoms. The second kappa shape index (κ2) is 7.86. The Balaban J connectivity index is 1.76. The highest BCUT2D eigenvalue weighted by Gasteiger charge is 2.45. The normalized spacial score (nSPS) is 21.5. The lowest BCUT2D eigenvalue weighted by Crippen LogP contribution is -2.33. The maximum atomic E-state index is 12.9. The van der Waals surface area contributed by atoms with Crippen LogP contribution >= 0.6 is 0 Å². The molecule has 2 heterocycles. The molecule has 2 unspecified atom stereocenters. The Morgan fingerprint density at radius 3 is 2.68 bits per heavy atom.